The molecule has 0 saturated heterocycles. The third kappa shape index (κ3) is 8.88. The van der Waals surface area contributed by atoms with Crippen molar-refractivity contribution in [1.82, 2.24) is 14.1 Å². The minimum Gasteiger partial charge on any atom is -0.510 e. The normalized spacial score (nSPS) is 16.9. The fourth-order valence-corrected chi connectivity index (χ4v) is 13.9. The number of imidazole rings is 1. The SMILES string of the molecule is [2H]c1c([2H])c2c(c([2H])c1-c1ccc(-c3c([2H])c([2H])c4c(c3[2H])C(C)(C)CCC4(C)C)c3c1-c1ccccc1-c1ccccc1-c1cccc4c1[n+]-3[c-]n4-c1[c-]c(Oc3[c-]c4c(cc3)c3ccccc3n4-c3cc(C(C)(C)C)ccn3)ccc1)C(C)(C)CCC2(C)C.[Pt]. The zero-order valence-electron chi connectivity index (χ0n) is 56.8. The molecule has 86 heavy (non-hydrogen) atoms. The van der Waals surface area contributed by atoms with Crippen molar-refractivity contribution in [3.63, 3.8) is 0 Å². The summed E-state index contributed by atoms with van der Waals surface area (Å²) in [6, 6.07) is 57.3. The van der Waals surface area contributed by atoms with Gasteiger partial charge in [0.2, 0.25) is 0 Å². The maximum absolute atomic E-state index is 10.6. The van der Waals surface area contributed by atoms with E-state index in [2.05, 4.69) is 195 Å². The molecule has 5 nitrogen and oxygen atoms in total. The van der Waals surface area contributed by atoms with E-state index in [4.69, 9.17) is 9.72 Å². The fourth-order valence-electron chi connectivity index (χ4n) is 13.9. The molecule has 430 valence electrons. The van der Waals surface area contributed by atoms with Gasteiger partial charge in [-0.15, -0.1) is 29.7 Å². The van der Waals surface area contributed by atoms with E-state index in [1.165, 1.54) is 5.56 Å². The molecule has 12 aromatic rings. The molecule has 0 atom stereocenters. The zero-order valence-corrected chi connectivity index (χ0v) is 53.0. The number of pyridine rings is 1. The van der Waals surface area contributed by atoms with Crippen LogP contribution < -0.4 is 9.30 Å². The molecule has 0 fully saturated rings. The molecular weight excluding hydrogens is 1230 g/mol. The number of hydrogen-bond acceptors (Lipinski definition) is 2. The number of ether oxygens (including phenoxy) is 1. The van der Waals surface area contributed by atoms with E-state index in [1.807, 2.05) is 65.4 Å². The van der Waals surface area contributed by atoms with Crippen molar-refractivity contribution in [3.05, 3.63) is 234 Å². The van der Waals surface area contributed by atoms with Gasteiger partial charge in [-0.05, 0) is 160 Å². The van der Waals surface area contributed by atoms with Gasteiger partial charge in [-0.25, -0.2) is 4.98 Å². The van der Waals surface area contributed by atoms with Gasteiger partial charge in [0, 0.05) is 49.8 Å². The molecule has 0 radical (unpaired) electrons. The molecular formula is C80H72N4OPt-2. The van der Waals surface area contributed by atoms with Crippen molar-refractivity contribution < 1.29 is 38.6 Å². The largest absolute Gasteiger partial charge is 0.510 e. The molecule has 9 aromatic carbocycles. The number of aromatic nitrogens is 4. The summed E-state index contributed by atoms with van der Waals surface area (Å²) in [7, 11) is 0. The Morgan fingerprint density at radius 1 is 0.523 bits per heavy atom. The molecule has 6 heteroatoms. The monoisotopic (exact) mass is 1310 g/mol. The Bertz CT molecular complexity index is 5120. The van der Waals surface area contributed by atoms with E-state index in [1.54, 1.807) is 0 Å². The molecule has 3 aromatic heterocycles. The van der Waals surface area contributed by atoms with Gasteiger partial charge < -0.3 is 13.9 Å². The van der Waals surface area contributed by atoms with Gasteiger partial charge in [-0.2, -0.15) is 18.2 Å². The molecule has 0 bridgehead atoms. The summed E-state index contributed by atoms with van der Waals surface area (Å²) in [5, 5.41) is 2.10. The smallest absolute Gasteiger partial charge is 0.268 e. The predicted octanol–water partition coefficient (Wildman–Crippen LogP) is 20.2. The molecule has 3 aliphatic rings. The first kappa shape index (κ1) is 49.1. The Kier molecular flexibility index (Phi) is 11.4. The minimum atomic E-state index is -0.489. The van der Waals surface area contributed by atoms with E-state index < -0.39 is 21.7 Å². The van der Waals surface area contributed by atoms with Crippen LogP contribution in [0.2, 0.25) is 0 Å². The maximum atomic E-state index is 10.6. The van der Waals surface area contributed by atoms with Crippen LogP contribution in [0.1, 0.15) is 138 Å². The molecule has 0 spiro atoms. The first-order valence-electron chi connectivity index (χ1n) is 33.1. The van der Waals surface area contributed by atoms with Gasteiger partial charge in [0.1, 0.15) is 5.82 Å². The maximum Gasteiger partial charge on any atom is 0.268 e. The third-order valence-corrected chi connectivity index (χ3v) is 19.0. The topological polar surface area (TPSA) is 35.9 Å². The van der Waals surface area contributed by atoms with Gasteiger partial charge in [-0.1, -0.05) is 215 Å². The zero-order chi connectivity index (χ0) is 63.7. The van der Waals surface area contributed by atoms with Crippen molar-refractivity contribution in [1.29, 1.82) is 0 Å². The number of fused-ring (bicyclic) bond motifs is 12. The summed E-state index contributed by atoms with van der Waals surface area (Å²) in [5.41, 5.74) is 13.8. The Labute approximate surface area is 530 Å². The fraction of sp³-hybridized carbons (Fsp3) is 0.250. The van der Waals surface area contributed by atoms with Crippen molar-refractivity contribution in [3.8, 4) is 84.3 Å². The van der Waals surface area contributed by atoms with Crippen molar-refractivity contribution in [2.45, 2.75) is 129 Å². The number of para-hydroxylation sites is 2. The second-order valence-electron chi connectivity index (χ2n) is 27.5. The predicted molar refractivity (Wildman–Crippen MR) is 350 cm³/mol. The summed E-state index contributed by atoms with van der Waals surface area (Å²) in [5.74, 6) is 1.73. The summed E-state index contributed by atoms with van der Waals surface area (Å²) in [6.07, 6.45) is 9.04. The van der Waals surface area contributed by atoms with Crippen LogP contribution in [0, 0.1) is 18.5 Å². The third-order valence-electron chi connectivity index (χ3n) is 19.0. The number of benzene rings is 9. The quantitative estimate of drug-likeness (QED) is 0.123. The molecule has 4 heterocycles. The van der Waals surface area contributed by atoms with Crippen molar-refractivity contribution in [2.24, 2.45) is 0 Å². The summed E-state index contributed by atoms with van der Waals surface area (Å²) >= 11 is 0. The van der Waals surface area contributed by atoms with Gasteiger partial charge in [0.25, 0.3) is 6.33 Å². The number of rotatable bonds is 6. The first-order chi connectivity index (χ1) is 43.3. The van der Waals surface area contributed by atoms with Crippen molar-refractivity contribution in [2.75, 3.05) is 0 Å². The Hall–Kier alpha value is -8.11. The van der Waals surface area contributed by atoms with Gasteiger partial charge >= 0.3 is 0 Å². The van der Waals surface area contributed by atoms with Gasteiger partial charge in [-0.3, -0.25) is 4.57 Å². The van der Waals surface area contributed by atoms with Crippen LogP contribution in [-0.2, 0) is 48.1 Å². The standard InChI is InChI=1S/C80H72N4O.Pt/c1-76(2,3)52-38-43-81-72(46-52)84-69-28-17-16-25-61(69)62-33-32-55(48-71(62)84)85-54-21-18-20-53(47-54)82-49-83-74-64(27-19-29-70(74)82)60-24-13-12-22-58(60)59-23-14-15-26-63(59)73-56(50-30-36-65-67(44-50)79(8,9)41-39-77(65,4)5)34-35-57(75(73)83)51-31-37-66-68(45-51)80(10,11)42-40-78(66,6)7;/h12-38,43-46H,39-42H2,1-11H3;/q-2;/i30D,31D,36D,37D,44D,45D;. The minimum absolute atomic E-state index is 0. The summed E-state index contributed by atoms with van der Waals surface area (Å²) in [6.45, 7) is 23.8. The van der Waals surface area contributed by atoms with Crippen LogP contribution in [0.25, 0.3) is 106 Å². The molecule has 0 unspecified atom stereocenters. The molecule has 1 aliphatic heterocycles. The second kappa shape index (κ2) is 20.0. The van der Waals surface area contributed by atoms with E-state index in [0.717, 1.165) is 114 Å². The molecule has 15 rings (SSSR count). The van der Waals surface area contributed by atoms with E-state index in [0.29, 0.717) is 50.7 Å². The van der Waals surface area contributed by atoms with Crippen LogP contribution in [0.15, 0.2) is 188 Å². The number of hydrogen-bond donors (Lipinski definition) is 0. The Morgan fingerprint density at radius 2 is 1.07 bits per heavy atom. The second-order valence-corrected chi connectivity index (χ2v) is 27.5. The van der Waals surface area contributed by atoms with Crippen molar-refractivity contribution >= 4 is 32.8 Å². The first-order valence-corrected chi connectivity index (χ1v) is 30.1. The van der Waals surface area contributed by atoms with E-state index in [-0.39, 0.29) is 62.7 Å². The van der Waals surface area contributed by atoms with Gasteiger partial charge in [0.15, 0.2) is 0 Å². The molecule has 0 amide bonds. The van der Waals surface area contributed by atoms with Crippen LogP contribution in [0.3, 0.4) is 0 Å². The average Bonchev–Trinajstić information content (AvgIpc) is 1.05. The van der Waals surface area contributed by atoms with Crippen LogP contribution >= 0.6 is 0 Å². The van der Waals surface area contributed by atoms with Crippen LogP contribution in [-0.4, -0.2) is 14.1 Å². The van der Waals surface area contributed by atoms with E-state index >= 15 is 0 Å². The Morgan fingerprint density at radius 3 is 1.74 bits per heavy atom. The molecule has 0 saturated carbocycles. The van der Waals surface area contributed by atoms with E-state index in [9.17, 15) is 8.22 Å². The Balaban J connectivity index is 0.00000735. The molecule has 2 aliphatic carbocycles. The summed E-state index contributed by atoms with van der Waals surface area (Å²) < 4.78 is 74.9. The number of nitrogens with zero attached hydrogens (tertiary/aromatic N) is 4. The van der Waals surface area contributed by atoms with Crippen LogP contribution in [0.5, 0.6) is 11.5 Å². The molecule has 0 N–H and O–H groups in total. The van der Waals surface area contributed by atoms with Crippen LogP contribution in [0.4, 0.5) is 0 Å². The summed E-state index contributed by atoms with van der Waals surface area (Å²) in [4.78, 5) is 4.91. The average molecular weight is 1310 g/mol. The van der Waals surface area contributed by atoms with Gasteiger partial charge in [0.05, 0.1) is 24.9 Å².